The van der Waals surface area contributed by atoms with Gasteiger partial charge in [0.15, 0.2) is 0 Å². The molecule has 3 rings (SSSR count). The SMILES string of the molecule is Cc1nn(C)c(C)c1-c1cc(C(=O)N(C)[C@@H]2CCNC2)[nH]n1. The van der Waals surface area contributed by atoms with Crippen LogP contribution in [-0.2, 0) is 7.05 Å². The number of aromatic amines is 1. The van der Waals surface area contributed by atoms with Crippen LogP contribution in [0.5, 0.6) is 0 Å². The first-order chi connectivity index (χ1) is 10.5. The standard InChI is InChI=1S/C15H22N6O/c1-9-14(10(2)21(4)19-9)12-7-13(18-17-12)15(22)20(3)11-5-6-16-8-11/h7,11,16H,5-6,8H2,1-4H3,(H,17,18)/t11-/m1/s1. The molecular formula is C15H22N6O. The van der Waals surface area contributed by atoms with Gasteiger partial charge in [0.05, 0.1) is 11.4 Å². The van der Waals surface area contributed by atoms with Crippen LogP contribution in [-0.4, -0.2) is 57.0 Å². The van der Waals surface area contributed by atoms with Crippen LogP contribution in [0.1, 0.15) is 28.3 Å². The zero-order valence-electron chi connectivity index (χ0n) is 13.5. The fourth-order valence-electron chi connectivity index (χ4n) is 3.03. The molecule has 0 saturated carbocycles. The van der Waals surface area contributed by atoms with Crippen molar-refractivity contribution in [1.29, 1.82) is 0 Å². The van der Waals surface area contributed by atoms with Crippen molar-refractivity contribution in [3.63, 3.8) is 0 Å². The Morgan fingerprint density at radius 2 is 2.23 bits per heavy atom. The highest BCUT2D eigenvalue weighted by atomic mass is 16.2. The van der Waals surface area contributed by atoms with Gasteiger partial charge in [-0.2, -0.15) is 10.2 Å². The number of carbonyl (C=O) groups excluding carboxylic acids is 1. The van der Waals surface area contributed by atoms with Crippen molar-refractivity contribution in [3.8, 4) is 11.3 Å². The van der Waals surface area contributed by atoms with Crippen LogP contribution in [0.25, 0.3) is 11.3 Å². The van der Waals surface area contributed by atoms with E-state index in [2.05, 4.69) is 20.6 Å². The molecule has 1 atom stereocenters. The highest BCUT2D eigenvalue weighted by molar-refractivity contribution is 5.93. The summed E-state index contributed by atoms with van der Waals surface area (Å²) >= 11 is 0. The summed E-state index contributed by atoms with van der Waals surface area (Å²) in [5.41, 5.74) is 4.23. The summed E-state index contributed by atoms with van der Waals surface area (Å²) in [5.74, 6) is -0.0216. The Labute approximate surface area is 129 Å². The van der Waals surface area contributed by atoms with Gasteiger partial charge < -0.3 is 10.2 Å². The van der Waals surface area contributed by atoms with Gasteiger partial charge in [-0.3, -0.25) is 14.6 Å². The quantitative estimate of drug-likeness (QED) is 0.881. The lowest BCUT2D eigenvalue weighted by Gasteiger charge is -2.22. The molecule has 118 valence electrons. The number of aromatic nitrogens is 4. The van der Waals surface area contributed by atoms with E-state index in [-0.39, 0.29) is 11.9 Å². The Kier molecular flexibility index (Phi) is 3.74. The molecule has 0 unspecified atom stereocenters. The highest BCUT2D eigenvalue weighted by Crippen LogP contribution is 2.25. The second-order valence-corrected chi connectivity index (χ2v) is 5.90. The van der Waals surface area contributed by atoms with E-state index in [1.54, 1.807) is 4.90 Å². The molecule has 1 fully saturated rings. The number of hydrogen-bond acceptors (Lipinski definition) is 4. The number of amides is 1. The number of carbonyl (C=O) groups is 1. The van der Waals surface area contributed by atoms with E-state index >= 15 is 0 Å². The fourth-order valence-corrected chi connectivity index (χ4v) is 3.03. The summed E-state index contributed by atoms with van der Waals surface area (Å²) in [6.07, 6.45) is 0.990. The first-order valence-corrected chi connectivity index (χ1v) is 7.53. The van der Waals surface area contributed by atoms with Crippen LogP contribution in [0.2, 0.25) is 0 Å². The number of H-pyrrole nitrogens is 1. The minimum Gasteiger partial charge on any atom is -0.336 e. The Morgan fingerprint density at radius 3 is 2.82 bits per heavy atom. The normalized spacial score (nSPS) is 17.9. The molecule has 2 N–H and O–H groups in total. The van der Waals surface area contributed by atoms with Crippen molar-refractivity contribution < 1.29 is 4.79 Å². The van der Waals surface area contributed by atoms with Crippen LogP contribution >= 0.6 is 0 Å². The van der Waals surface area contributed by atoms with Crippen molar-refractivity contribution in [3.05, 3.63) is 23.1 Å². The average molecular weight is 302 g/mol. The Hall–Kier alpha value is -2.15. The molecule has 22 heavy (non-hydrogen) atoms. The Balaban J connectivity index is 1.85. The number of aryl methyl sites for hydroxylation is 2. The monoisotopic (exact) mass is 302 g/mol. The lowest BCUT2D eigenvalue weighted by molar-refractivity contribution is 0.0738. The third-order valence-corrected chi connectivity index (χ3v) is 4.48. The van der Waals surface area contributed by atoms with Crippen LogP contribution in [0.3, 0.4) is 0 Å². The van der Waals surface area contributed by atoms with Gasteiger partial charge >= 0.3 is 0 Å². The predicted molar refractivity (Wildman–Crippen MR) is 83.6 cm³/mol. The van der Waals surface area contributed by atoms with E-state index in [9.17, 15) is 4.79 Å². The molecule has 0 aromatic carbocycles. The molecule has 1 saturated heterocycles. The first-order valence-electron chi connectivity index (χ1n) is 7.53. The molecule has 1 aliphatic heterocycles. The minimum absolute atomic E-state index is 0.0216. The topological polar surface area (TPSA) is 78.8 Å². The number of hydrogen-bond donors (Lipinski definition) is 2. The molecule has 2 aromatic heterocycles. The summed E-state index contributed by atoms with van der Waals surface area (Å²) < 4.78 is 1.83. The second-order valence-electron chi connectivity index (χ2n) is 5.90. The van der Waals surface area contributed by atoms with Crippen LogP contribution < -0.4 is 5.32 Å². The molecule has 1 aliphatic rings. The highest BCUT2D eigenvalue weighted by Gasteiger charge is 2.26. The maximum atomic E-state index is 12.6. The molecular weight excluding hydrogens is 280 g/mol. The minimum atomic E-state index is -0.0216. The van der Waals surface area contributed by atoms with Gasteiger partial charge in [-0.05, 0) is 32.9 Å². The lowest BCUT2D eigenvalue weighted by Crippen LogP contribution is -2.38. The van der Waals surface area contributed by atoms with Crippen LogP contribution in [0, 0.1) is 13.8 Å². The van der Waals surface area contributed by atoms with Gasteiger partial charge in [-0.15, -0.1) is 0 Å². The molecule has 2 aromatic rings. The van der Waals surface area contributed by atoms with Crippen molar-refractivity contribution in [2.45, 2.75) is 26.3 Å². The number of rotatable bonds is 3. The molecule has 3 heterocycles. The smallest absolute Gasteiger partial charge is 0.271 e. The fraction of sp³-hybridized carbons (Fsp3) is 0.533. The Morgan fingerprint density at radius 1 is 1.45 bits per heavy atom. The second kappa shape index (κ2) is 5.57. The number of nitrogens with one attached hydrogen (secondary N) is 2. The van der Waals surface area contributed by atoms with Crippen molar-refractivity contribution in [2.75, 3.05) is 20.1 Å². The summed E-state index contributed by atoms with van der Waals surface area (Å²) in [7, 11) is 3.76. The predicted octanol–water partition coefficient (Wildman–Crippen LogP) is 0.861. The summed E-state index contributed by atoms with van der Waals surface area (Å²) in [6, 6.07) is 2.07. The third-order valence-electron chi connectivity index (χ3n) is 4.48. The Bertz CT molecular complexity index is 695. The molecule has 0 spiro atoms. The summed E-state index contributed by atoms with van der Waals surface area (Å²) in [6.45, 7) is 5.77. The average Bonchev–Trinajstić information content (AvgIpc) is 3.20. The van der Waals surface area contributed by atoms with E-state index in [4.69, 9.17) is 0 Å². The molecule has 7 nitrogen and oxygen atoms in total. The van der Waals surface area contributed by atoms with Crippen LogP contribution in [0.4, 0.5) is 0 Å². The van der Waals surface area contributed by atoms with Crippen molar-refractivity contribution in [1.82, 2.24) is 30.2 Å². The maximum Gasteiger partial charge on any atom is 0.271 e. The van der Waals surface area contributed by atoms with Gasteiger partial charge in [0.1, 0.15) is 5.69 Å². The van der Waals surface area contributed by atoms with Gasteiger partial charge in [0.25, 0.3) is 5.91 Å². The zero-order chi connectivity index (χ0) is 15.9. The number of nitrogens with zero attached hydrogens (tertiary/aromatic N) is 4. The first kappa shape index (κ1) is 14.8. The largest absolute Gasteiger partial charge is 0.336 e. The van der Waals surface area contributed by atoms with Gasteiger partial charge in [-0.1, -0.05) is 0 Å². The number of likely N-dealkylation sites (N-methyl/N-ethyl adjacent to an activating group) is 1. The molecule has 1 amide bonds. The van der Waals surface area contributed by atoms with Crippen molar-refractivity contribution >= 4 is 5.91 Å². The molecule has 7 heteroatoms. The maximum absolute atomic E-state index is 12.6. The molecule has 0 radical (unpaired) electrons. The molecule has 0 bridgehead atoms. The summed E-state index contributed by atoms with van der Waals surface area (Å²) in [4.78, 5) is 14.3. The van der Waals surface area contributed by atoms with Gasteiger partial charge in [-0.25, -0.2) is 0 Å². The zero-order valence-corrected chi connectivity index (χ0v) is 13.5. The van der Waals surface area contributed by atoms with Gasteiger partial charge in [0.2, 0.25) is 0 Å². The van der Waals surface area contributed by atoms with E-state index < -0.39 is 0 Å². The van der Waals surface area contributed by atoms with E-state index in [0.717, 1.165) is 42.2 Å². The van der Waals surface area contributed by atoms with E-state index in [0.29, 0.717) is 5.69 Å². The van der Waals surface area contributed by atoms with Crippen LogP contribution in [0.15, 0.2) is 6.07 Å². The van der Waals surface area contributed by atoms with E-state index in [1.165, 1.54) is 0 Å². The van der Waals surface area contributed by atoms with Crippen molar-refractivity contribution in [2.24, 2.45) is 7.05 Å². The summed E-state index contributed by atoms with van der Waals surface area (Å²) in [5, 5.41) is 14.9. The lowest BCUT2D eigenvalue weighted by atomic mass is 10.1. The van der Waals surface area contributed by atoms with Gasteiger partial charge in [0, 0.05) is 37.9 Å². The third kappa shape index (κ3) is 2.41. The van der Waals surface area contributed by atoms with E-state index in [1.807, 2.05) is 38.7 Å². The molecule has 0 aliphatic carbocycles.